The van der Waals surface area contributed by atoms with E-state index in [0.29, 0.717) is 19.1 Å². The summed E-state index contributed by atoms with van der Waals surface area (Å²) in [6.45, 7) is 8.30. The lowest BCUT2D eigenvalue weighted by Gasteiger charge is -2.32. The van der Waals surface area contributed by atoms with Crippen LogP contribution in [0.4, 0.5) is 0 Å². The zero-order valence-corrected chi connectivity index (χ0v) is 21.0. The minimum atomic E-state index is 0.0124. The van der Waals surface area contributed by atoms with E-state index < -0.39 is 0 Å². The summed E-state index contributed by atoms with van der Waals surface area (Å²) in [4.78, 5) is 2.60. The molecule has 1 unspecified atom stereocenters. The smallest absolute Gasteiger partial charge is 0.140 e. The van der Waals surface area contributed by atoms with Gasteiger partial charge < -0.3 is 4.74 Å². The van der Waals surface area contributed by atoms with Crippen LogP contribution in [0.25, 0.3) is 17.0 Å². The van der Waals surface area contributed by atoms with Gasteiger partial charge in [0.2, 0.25) is 0 Å². The number of benzene rings is 3. The number of ether oxygens (including phenoxy) is 1. The van der Waals surface area contributed by atoms with Crippen molar-refractivity contribution in [1.82, 2.24) is 14.7 Å². The average molecular weight is 484 g/mol. The van der Waals surface area contributed by atoms with E-state index in [1.807, 2.05) is 17.0 Å². The second-order valence-corrected chi connectivity index (χ2v) is 9.94. The van der Waals surface area contributed by atoms with Gasteiger partial charge in [-0.25, -0.2) is 4.68 Å². The number of rotatable bonds is 10. The summed E-state index contributed by atoms with van der Waals surface area (Å²) in [5.74, 6) is 0.697. The van der Waals surface area contributed by atoms with E-state index in [1.165, 1.54) is 22.3 Å². The van der Waals surface area contributed by atoms with Gasteiger partial charge in [-0.05, 0) is 53.8 Å². The number of aromatic nitrogens is 2. The Hall–Kier alpha value is -2.86. The molecule has 3 aromatic carbocycles. The van der Waals surface area contributed by atoms with E-state index in [9.17, 15) is 0 Å². The standard InChI is InChI=1S/C30H33N3OS/c1-2-26-18-29-27(20-31-33(29)23-34-15-16-35)17-28(26)30(19-24-9-5-3-6-10-24)13-14-32(22-30)21-25-11-7-4-8-12-25/h2-12,17-18,20,35H,1,13-16,19,21-23H2. The molecule has 0 saturated carbocycles. The second kappa shape index (κ2) is 10.8. The SMILES string of the molecule is C=Cc1cc2c(cnn2COCCS)cc1C1(Cc2ccccc2)CCN(Cc2ccccc2)C1. The number of fused-ring (bicyclic) bond motifs is 1. The summed E-state index contributed by atoms with van der Waals surface area (Å²) in [7, 11) is 0. The molecule has 1 aliphatic heterocycles. The van der Waals surface area contributed by atoms with E-state index in [4.69, 9.17) is 4.74 Å². The molecule has 0 bridgehead atoms. The van der Waals surface area contributed by atoms with Crippen molar-refractivity contribution in [2.75, 3.05) is 25.4 Å². The molecule has 0 spiro atoms. The first-order chi connectivity index (χ1) is 17.2. The van der Waals surface area contributed by atoms with Crippen LogP contribution in [0.15, 0.2) is 85.6 Å². The number of nitrogens with zero attached hydrogens (tertiary/aromatic N) is 3. The van der Waals surface area contributed by atoms with Gasteiger partial charge in [0.05, 0.1) is 18.3 Å². The molecule has 1 aliphatic rings. The van der Waals surface area contributed by atoms with Gasteiger partial charge in [0, 0.05) is 29.6 Å². The van der Waals surface area contributed by atoms with Crippen molar-refractivity contribution in [3.8, 4) is 0 Å². The van der Waals surface area contributed by atoms with Crippen LogP contribution in [0.5, 0.6) is 0 Å². The van der Waals surface area contributed by atoms with Crippen LogP contribution in [0.1, 0.15) is 28.7 Å². The molecule has 0 radical (unpaired) electrons. The van der Waals surface area contributed by atoms with Gasteiger partial charge in [0.15, 0.2) is 0 Å². The lowest BCUT2D eigenvalue weighted by atomic mass is 9.72. The van der Waals surface area contributed by atoms with Gasteiger partial charge in [0.25, 0.3) is 0 Å². The summed E-state index contributed by atoms with van der Waals surface area (Å²) in [5, 5.41) is 5.76. The maximum absolute atomic E-state index is 5.70. The van der Waals surface area contributed by atoms with Crippen molar-refractivity contribution >= 4 is 29.6 Å². The predicted molar refractivity (Wildman–Crippen MR) is 148 cm³/mol. The topological polar surface area (TPSA) is 30.3 Å². The minimum Gasteiger partial charge on any atom is -0.358 e. The summed E-state index contributed by atoms with van der Waals surface area (Å²) in [6, 6.07) is 26.3. The van der Waals surface area contributed by atoms with E-state index in [2.05, 4.69) is 102 Å². The quantitative estimate of drug-likeness (QED) is 0.223. The van der Waals surface area contributed by atoms with E-state index in [1.54, 1.807) is 0 Å². The van der Waals surface area contributed by atoms with Crippen molar-refractivity contribution in [2.24, 2.45) is 0 Å². The molecule has 180 valence electrons. The van der Waals surface area contributed by atoms with Crippen LogP contribution < -0.4 is 0 Å². The Morgan fingerprint density at radius 3 is 2.49 bits per heavy atom. The molecule has 0 amide bonds. The van der Waals surface area contributed by atoms with Gasteiger partial charge in [-0.1, -0.05) is 73.3 Å². The molecule has 1 fully saturated rings. The third-order valence-electron chi connectivity index (χ3n) is 7.12. The molecule has 1 aromatic heterocycles. The highest BCUT2D eigenvalue weighted by Crippen LogP contribution is 2.42. The van der Waals surface area contributed by atoms with E-state index in [0.717, 1.165) is 43.4 Å². The summed E-state index contributed by atoms with van der Waals surface area (Å²) < 4.78 is 7.63. The normalized spacial score (nSPS) is 18.3. The van der Waals surface area contributed by atoms with Crippen LogP contribution >= 0.6 is 12.6 Å². The number of hydrogen-bond donors (Lipinski definition) is 1. The summed E-state index contributed by atoms with van der Waals surface area (Å²) in [5.41, 5.74) is 6.39. The molecule has 5 rings (SSSR count). The molecular weight excluding hydrogens is 450 g/mol. The van der Waals surface area contributed by atoms with Crippen molar-refractivity contribution in [3.05, 3.63) is 108 Å². The van der Waals surface area contributed by atoms with Crippen LogP contribution in [-0.4, -0.2) is 40.1 Å². The van der Waals surface area contributed by atoms with Crippen molar-refractivity contribution in [1.29, 1.82) is 0 Å². The van der Waals surface area contributed by atoms with Gasteiger partial charge in [-0.15, -0.1) is 0 Å². The Labute approximate surface area is 213 Å². The molecule has 0 N–H and O–H groups in total. The number of thiol groups is 1. The molecule has 1 atom stereocenters. The highest BCUT2D eigenvalue weighted by Gasteiger charge is 2.41. The van der Waals surface area contributed by atoms with Crippen molar-refractivity contribution in [3.63, 3.8) is 0 Å². The molecule has 5 heteroatoms. The van der Waals surface area contributed by atoms with Crippen molar-refractivity contribution in [2.45, 2.75) is 31.5 Å². The molecule has 1 saturated heterocycles. The van der Waals surface area contributed by atoms with Gasteiger partial charge >= 0.3 is 0 Å². The largest absolute Gasteiger partial charge is 0.358 e. The maximum atomic E-state index is 5.70. The van der Waals surface area contributed by atoms with Crippen LogP contribution in [-0.2, 0) is 29.8 Å². The van der Waals surface area contributed by atoms with Crippen LogP contribution in [0, 0.1) is 0 Å². The predicted octanol–water partition coefficient (Wildman–Crippen LogP) is 5.97. The van der Waals surface area contributed by atoms with Gasteiger partial charge in [-0.2, -0.15) is 17.7 Å². The highest BCUT2D eigenvalue weighted by molar-refractivity contribution is 7.80. The Balaban J connectivity index is 1.52. The number of likely N-dealkylation sites (tertiary alicyclic amines) is 1. The highest BCUT2D eigenvalue weighted by atomic mass is 32.1. The third-order valence-corrected chi connectivity index (χ3v) is 7.30. The van der Waals surface area contributed by atoms with Crippen LogP contribution in [0.2, 0.25) is 0 Å². The Morgan fingerprint density at radius 2 is 1.77 bits per heavy atom. The lowest BCUT2D eigenvalue weighted by Crippen LogP contribution is -2.34. The number of hydrogen-bond acceptors (Lipinski definition) is 4. The average Bonchev–Trinajstić information content (AvgIpc) is 3.48. The van der Waals surface area contributed by atoms with Crippen molar-refractivity contribution < 1.29 is 4.74 Å². The fourth-order valence-corrected chi connectivity index (χ4v) is 5.60. The zero-order valence-electron chi connectivity index (χ0n) is 20.1. The fraction of sp³-hybridized carbons (Fsp3) is 0.300. The van der Waals surface area contributed by atoms with E-state index >= 15 is 0 Å². The molecular formula is C30H33N3OS. The van der Waals surface area contributed by atoms with Crippen LogP contribution in [0.3, 0.4) is 0 Å². The van der Waals surface area contributed by atoms with Gasteiger partial charge in [0.1, 0.15) is 6.73 Å². The summed E-state index contributed by atoms with van der Waals surface area (Å²) >= 11 is 4.24. The minimum absolute atomic E-state index is 0.0124. The Bertz CT molecular complexity index is 1270. The lowest BCUT2D eigenvalue weighted by molar-refractivity contribution is 0.0845. The molecule has 4 aromatic rings. The first-order valence-electron chi connectivity index (χ1n) is 12.3. The first-order valence-corrected chi connectivity index (χ1v) is 13.0. The maximum Gasteiger partial charge on any atom is 0.140 e. The molecule has 2 heterocycles. The third kappa shape index (κ3) is 5.22. The molecule has 35 heavy (non-hydrogen) atoms. The Kier molecular flexibility index (Phi) is 7.37. The first kappa shape index (κ1) is 23.9. The van der Waals surface area contributed by atoms with Gasteiger partial charge in [-0.3, -0.25) is 4.90 Å². The molecule has 4 nitrogen and oxygen atoms in total. The Morgan fingerprint density at radius 1 is 1.03 bits per heavy atom. The molecule has 0 aliphatic carbocycles. The monoisotopic (exact) mass is 483 g/mol. The zero-order chi connectivity index (χ0) is 24.1. The van der Waals surface area contributed by atoms with E-state index in [-0.39, 0.29) is 5.41 Å². The summed E-state index contributed by atoms with van der Waals surface area (Å²) in [6.07, 6.45) is 6.08. The fourth-order valence-electron chi connectivity index (χ4n) is 5.47. The second-order valence-electron chi connectivity index (χ2n) is 9.50.